The number of aliphatic hydroxyl groups excluding tert-OH is 1. The number of Topliss-reactive ketones (excluding diaryl/α,β-unsaturated/α-hetero) is 3. The quantitative estimate of drug-likeness (QED) is 0.0434. The summed E-state index contributed by atoms with van der Waals surface area (Å²) in [5.74, 6) is -3.64. The molecule has 3 atom stereocenters. The smallest absolute Gasteiger partial charge is 0.306 e. The van der Waals surface area contributed by atoms with E-state index in [0.29, 0.717) is 38.8 Å². The van der Waals surface area contributed by atoms with Crippen molar-refractivity contribution in [1.29, 1.82) is 0 Å². The SMILES string of the molecule is CN[C@@H](CCCCNC(=O)COCCOCCCC(=O)COCC(C)OCCNC(=O)CC[C@H](CC(=O)CCCCCCCCCCCCCCCCC(=O)O)C(=O)O)C(=O)CO. The van der Waals surface area contributed by atoms with Crippen molar-refractivity contribution in [3.63, 3.8) is 0 Å². The molecule has 17 heteroatoms. The molecule has 0 bridgehead atoms. The minimum Gasteiger partial charge on any atom is -0.481 e. The van der Waals surface area contributed by atoms with Crippen molar-refractivity contribution in [2.45, 2.75) is 173 Å². The van der Waals surface area contributed by atoms with E-state index in [9.17, 15) is 38.7 Å². The monoisotopic (exact) mass is 902 g/mol. The first kappa shape index (κ1) is 59.6. The van der Waals surface area contributed by atoms with Crippen LogP contribution in [0.3, 0.4) is 0 Å². The van der Waals surface area contributed by atoms with Crippen LogP contribution in [-0.4, -0.2) is 142 Å². The largest absolute Gasteiger partial charge is 0.481 e. The van der Waals surface area contributed by atoms with Crippen LogP contribution in [-0.2, 0) is 52.5 Å². The number of nitrogens with one attached hydrogen (secondary N) is 3. The molecule has 0 saturated carbocycles. The Kier molecular flexibility index (Phi) is 40.3. The molecule has 0 radical (unpaired) electrons. The molecule has 63 heavy (non-hydrogen) atoms. The maximum Gasteiger partial charge on any atom is 0.306 e. The summed E-state index contributed by atoms with van der Waals surface area (Å²) in [4.78, 5) is 82.6. The molecule has 0 rings (SSSR count). The van der Waals surface area contributed by atoms with E-state index in [2.05, 4.69) is 16.0 Å². The van der Waals surface area contributed by atoms with Crippen LogP contribution in [0.4, 0.5) is 0 Å². The highest BCUT2D eigenvalue weighted by Crippen LogP contribution is 2.17. The molecule has 0 aliphatic heterocycles. The lowest BCUT2D eigenvalue weighted by Crippen LogP contribution is -2.36. The number of rotatable bonds is 48. The zero-order chi connectivity index (χ0) is 46.8. The van der Waals surface area contributed by atoms with Gasteiger partial charge >= 0.3 is 11.9 Å². The minimum absolute atomic E-state index is 0.00328. The molecule has 0 fully saturated rings. The Morgan fingerprint density at radius 1 is 0.540 bits per heavy atom. The van der Waals surface area contributed by atoms with Crippen LogP contribution >= 0.6 is 0 Å². The molecule has 1 unspecified atom stereocenters. The molecule has 6 N–H and O–H groups in total. The van der Waals surface area contributed by atoms with E-state index in [4.69, 9.17) is 29.2 Å². The molecule has 2 amide bonds. The van der Waals surface area contributed by atoms with Crippen LogP contribution in [0.15, 0.2) is 0 Å². The molecule has 0 aromatic heterocycles. The van der Waals surface area contributed by atoms with Gasteiger partial charge in [-0.05, 0) is 58.9 Å². The van der Waals surface area contributed by atoms with Crippen LogP contribution in [0.25, 0.3) is 0 Å². The van der Waals surface area contributed by atoms with Gasteiger partial charge in [0.2, 0.25) is 11.8 Å². The fourth-order valence-electron chi connectivity index (χ4n) is 6.80. The first-order valence-corrected chi connectivity index (χ1v) is 23.6. The summed E-state index contributed by atoms with van der Waals surface area (Å²) in [7, 11) is 1.67. The zero-order valence-electron chi connectivity index (χ0n) is 38.6. The van der Waals surface area contributed by atoms with Crippen molar-refractivity contribution in [3.05, 3.63) is 0 Å². The first-order valence-electron chi connectivity index (χ1n) is 23.6. The van der Waals surface area contributed by atoms with Crippen LogP contribution in [0.5, 0.6) is 0 Å². The molecule has 0 saturated heterocycles. The highest BCUT2D eigenvalue weighted by atomic mass is 16.5. The number of hydrogen-bond donors (Lipinski definition) is 6. The first-order chi connectivity index (χ1) is 30.4. The highest BCUT2D eigenvalue weighted by Gasteiger charge is 2.22. The number of ketones is 3. The molecule has 0 aliphatic rings. The van der Waals surface area contributed by atoms with Crippen molar-refractivity contribution in [2.75, 3.05) is 73.0 Å². The van der Waals surface area contributed by atoms with Crippen molar-refractivity contribution in [3.8, 4) is 0 Å². The van der Waals surface area contributed by atoms with E-state index in [1.165, 1.54) is 44.9 Å². The van der Waals surface area contributed by atoms with Crippen LogP contribution in [0.2, 0.25) is 0 Å². The summed E-state index contributed by atoms with van der Waals surface area (Å²) >= 11 is 0. The lowest BCUT2D eigenvalue weighted by atomic mass is 9.94. The molecule has 0 heterocycles. The maximum absolute atomic E-state index is 12.5. The van der Waals surface area contributed by atoms with Gasteiger partial charge in [0.25, 0.3) is 0 Å². The van der Waals surface area contributed by atoms with Gasteiger partial charge in [-0.3, -0.25) is 33.6 Å². The average Bonchev–Trinajstić information content (AvgIpc) is 3.25. The van der Waals surface area contributed by atoms with Crippen LogP contribution in [0.1, 0.15) is 161 Å². The van der Waals surface area contributed by atoms with Gasteiger partial charge in [0.15, 0.2) is 11.6 Å². The van der Waals surface area contributed by atoms with E-state index >= 15 is 0 Å². The lowest BCUT2D eigenvalue weighted by molar-refractivity contribution is -0.144. The predicted molar refractivity (Wildman–Crippen MR) is 238 cm³/mol. The number of carbonyl (C=O) groups is 7. The van der Waals surface area contributed by atoms with Gasteiger partial charge in [0, 0.05) is 51.8 Å². The van der Waals surface area contributed by atoms with Gasteiger partial charge in [-0.25, -0.2) is 0 Å². The second kappa shape index (κ2) is 42.6. The number of carboxylic acids is 2. The van der Waals surface area contributed by atoms with Gasteiger partial charge in [0.1, 0.15) is 25.6 Å². The fraction of sp³-hybridized carbons (Fsp3) is 0.848. The number of likely N-dealkylation sites (N-methyl/N-ethyl adjacent to an activating group) is 1. The normalized spacial score (nSPS) is 12.7. The van der Waals surface area contributed by atoms with Gasteiger partial charge in [-0.2, -0.15) is 0 Å². The number of ether oxygens (including phenoxy) is 4. The third-order valence-electron chi connectivity index (χ3n) is 10.6. The lowest BCUT2D eigenvalue weighted by Gasteiger charge is -2.14. The van der Waals surface area contributed by atoms with E-state index in [0.717, 1.165) is 51.4 Å². The number of aliphatic carboxylic acids is 2. The third-order valence-corrected chi connectivity index (χ3v) is 10.6. The Hall–Kier alpha value is -3.35. The molecule has 0 aliphatic carbocycles. The summed E-state index contributed by atoms with van der Waals surface area (Å²) in [5.41, 5.74) is 0. The topological polar surface area (TPSA) is 253 Å². The Labute approximate surface area is 376 Å². The fourth-order valence-corrected chi connectivity index (χ4v) is 6.80. The average molecular weight is 902 g/mol. The summed E-state index contributed by atoms with van der Waals surface area (Å²) in [6.07, 6.45) is 18.4. The summed E-state index contributed by atoms with van der Waals surface area (Å²) in [6, 6.07) is -0.383. The zero-order valence-corrected chi connectivity index (χ0v) is 38.6. The molecular weight excluding hydrogens is 819 g/mol. The van der Waals surface area contributed by atoms with Crippen molar-refractivity contribution < 1.29 is 67.8 Å². The van der Waals surface area contributed by atoms with Gasteiger partial charge in [-0.15, -0.1) is 0 Å². The summed E-state index contributed by atoms with van der Waals surface area (Å²) < 4.78 is 21.9. The van der Waals surface area contributed by atoms with E-state index in [1.807, 2.05) is 0 Å². The van der Waals surface area contributed by atoms with E-state index < -0.39 is 24.5 Å². The number of aliphatic hydroxyl groups is 1. The van der Waals surface area contributed by atoms with Crippen molar-refractivity contribution in [2.24, 2.45) is 5.92 Å². The standard InChI is InChI=1S/C46H83N3O14/c1-37(34-62-35-40(52)21-19-28-60-30-31-61-36-44(55)48-26-18-17-22-41(47-2)42(53)33-50)63-29-27-49-43(54)25-24-38(46(58)59)32-39(51)20-15-13-11-9-7-5-3-4-6-8-10-12-14-16-23-45(56)57/h37-38,41,47,50H,3-36H2,1-2H3,(H,48,55)(H,49,54)(H,56,57)(H,58,59)/t37?,38-,41+/m1/s1. The van der Waals surface area contributed by atoms with Gasteiger partial charge in [0.05, 0.1) is 44.5 Å². The van der Waals surface area contributed by atoms with Crippen LogP contribution < -0.4 is 16.0 Å². The second-order valence-electron chi connectivity index (χ2n) is 16.3. The molecule has 0 aromatic carbocycles. The third kappa shape index (κ3) is 39.9. The Balaban J connectivity index is 3.75. The summed E-state index contributed by atoms with van der Waals surface area (Å²) in [6.45, 7) is 3.13. The van der Waals surface area contributed by atoms with Crippen molar-refractivity contribution in [1.82, 2.24) is 16.0 Å². The van der Waals surface area contributed by atoms with Crippen molar-refractivity contribution >= 4 is 41.1 Å². The highest BCUT2D eigenvalue weighted by molar-refractivity contribution is 5.85. The molecule has 366 valence electrons. The molecule has 0 spiro atoms. The Morgan fingerprint density at radius 2 is 1.11 bits per heavy atom. The Morgan fingerprint density at radius 3 is 1.70 bits per heavy atom. The Bertz CT molecular complexity index is 1240. The molecule has 17 nitrogen and oxygen atoms in total. The van der Waals surface area contributed by atoms with Gasteiger partial charge in [-0.1, -0.05) is 77.0 Å². The van der Waals surface area contributed by atoms with Crippen LogP contribution in [0, 0.1) is 5.92 Å². The second-order valence-corrected chi connectivity index (χ2v) is 16.3. The van der Waals surface area contributed by atoms with E-state index in [-0.39, 0.29) is 120 Å². The number of amides is 2. The maximum atomic E-state index is 12.5. The number of hydrogen-bond acceptors (Lipinski definition) is 13. The van der Waals surface area contributed by atoms with Gasteiger partial charge < -0.3 is 50.2 Å². The van der Waals surface area contributed by atoms with E-state index in [1.54, 1.807) is 14.0 Å². The molecule has 0 aromatic rings. The number of unbranched alkanes of at least 4 members (excludes halogenated alkanes) is 14. The minimum atomic E-state index is -1.07. The number of carboxylic acid groups (broad SMARTS) is 2. The summed E-state index contributed by atoms with van der Waals surface area (Å²) in [5, 5.41) is 35.5. The molecular formula is C46H83N3O14. The number of carbonyl (C=O) groups excluding carboxylic acids is 5. The predicted octanol–water partition coefficient (Wildman–Crippen LogP) is 5.11.